The van der Waals surface area contributed by atoms with Gasteiger partial charge in [0.05, 0.1) is 0 Å². The van der Waals surface area contributed by atoms with E-state index in [1.54, 1.807) is 18.3 Å². The van der Waals surface area contributed by atoms with Crippen molar-refractivity contribution < 1.29 is 22.4 Å². The minimum absolute atomic E-state index is 0.0102. The molecule has 1 atom stereocenters. The molecule has 0 saturated carbocycles. The van der Waals surface area contributed by atoms with E-state index in [9.17, 15) is 18.0 Å². The van der Waals surface area contributed by atoms with Gasteiger partial charge in [-0.05, 0) is 42.7 Å². The van der Waals surface area contributed by atoms with Crippen LogP contribution in [-0.2, 0) is 4.79 Å². The fraction of sp³-hybridized carbons (Fsp3) is 0.562. The number of pyridine rings is 1. The van der Waals surface area contributed by atoms with E-state index in [-0.39, 0.29) is 42.3 Å². The number of fused-ring (bicyclic) bond motifs is 1. The van der Waals surface area contributed by atoms with Gasteiger partial charge in [-0.2, -0.15) is 18.2 Å². The van der Waals surface area contributed by atoms with Crippen LogP contribution >= 0.6 is 11.8 Å². The van der Waals surface area contributed by atoms with Crippen LogP contribution in [0, 0.1) is 5.92 Å². The van der Waals surface area contributed by atoms with E-state index in [2.05, 4.69) is 15.3 Å². The summed E-state index contributed by atoms with van der Waals surface area (Å²) in [6, 6.07) is 4.06. The number of aromatic nitrogens is 2. The molecule has 26 heavy (non-hydrogen) atoms. The quantitative estimate of drug-likeness (QED) is 0.767. The van der Waals surface area contributed by atoms with Gasteiger partial charge >= 0.3 is 5.51 Å². The molecule has 1 aliphatic heterocycles. The molecule has 1 unspecified atom stereocenters. The van der Waals surface area contributed by atoms with E-state index in [0.29, 0.717) is 23.8 Å². The summed E-state index contributed by atoms with van der Waals surface area (Å²) >= 11 is -0.128. The lowest BCUT2D eigenvalue weighted by molar-refractivity contribution is -0.122. The molecule has 1 saturated heterocycles. The summed E-state index contributed by atoms with van der Waals surface area (Å²) < 4.78 is 41.9. The van der Waals surface area contributed by atoms with Crippen LogP contribution in [-0.4, -0.2) is 46.8 Å². The molecule has 142 valence electrons. The molecule has 2 aromatic rings. The number of amides is 1. The number of piperidine rings is 1. The minimum atomic E-state index is -4.26. The van der Waals surface area contributed by atoms with Crippen LogP contribution in [0.2, 0.25) is 0 Å². The molecule has 0 aromatic carbocycles. The second-order valence-electron chi connectivity index (χ2n) is 6.12. The molecule has 1 fully saturated rings. The molecular weight excluding hydrogens is 369 g/mol. The van der Waals surface area contributed by atoms with Gasteiger partial charge in [-0.25, -0.2) is 4.98 Å². The maximum absolute atomic E-state index is 12.1. The highest BCUT2D eigenvalue weighted by atomic mass is 32.2. The summed E-state index contributed by atoms with van der Waals surface area (Å²) in [5, 5.41) is 2.55. The Labute approximate surface area is 152 Å². The Bertz CT molecular complexity index is 719. The van der Waals surface area contributed by atoms with Gasteiger partial charge in [0.2, 0.25) is 11.6 Å². The standard InChI is InChI=1S/C16H19F3N4O2S/c17-16(18,19)26-8-6-20-13(24)9-11-3-2-7-23(10-11)15-22-14-12(25-15)4-1-5-21-14/h1,4-5,11H,2-3,6-10H2,(H,20,24). The Morgan fingerprint density at radius 2 is 2.31 bits per heavy atom. The number of rotatable bonds is 6. The fourth-order valence-corrected chi connectivity index (χ4v) is 3.43. The van der Waals surface area contributed by atoms with Crippen molar-refractivity contribution in [1.29, 1.82) is 0 Å². The molecule has 0 radical (unpaired) electrons. The SMILES string of the molecule is O=C(CC1CCCN(c2nc3ncccc3o2)C1)NCCSC(F)(F)F. The van der Waals surface area contributed by atoms with Crippen molar-refractivity contribution in [2.75, 3.05) is 30.3 Å². The minimum Gasteiger partial charge on any atom is -0.422 e. The number of thioether (sulfide) groups is 1. The highest BCUT2D eigenvalue weighted by molar-refractivity contribution is 8.00. The molecule has 0 spiro atoms. The Morgan fingerprint density at radius 3 is 3.08 bits per heavy atom. The van der Waals surface area contributed by atoms with Crippen molar-refractivity contribution in [3.63, 3.8) is 0 Å². The first kappa shape index (κ1) is 18.8. The lowest BCUT2D eigenvalue weighted by Gasteiger charge is -2.31. The van der Waals surface area contributed by atoms with E-state index in [1.165, 1.54) is 0 Å². The number of nitrogens with zero attached hydrogens (tertiary/aromatic N) is 3. The Kier molecular flexibility index (Phi) is 5.90. The summed E-state index contributed by atoms with van der Waals surface area (Å²) in [6.07, 6.45) is 3.72. The van der Waals surface area contributed by atoms with Crippen molar-refractivity contribution >= 4 is 34.9 Å². The Balaban J connectivity index is 1.48. The first-order chi connectivity index (χ1) is 12.4. The highest BCUT2D eigenvalue weighted by Crippen LogP contribution is 2.29. The summed E-state index contributed by atoms with van der Waals surface area (Å²) in [5.41, 5.74) is -3.10. The summed E-state index contributed by atoms with van der Waals surface area (Å²) in [7, 11) is 0. The van der Waals surface area contributed by atoms with Gasteiger partial charge in [0.25, 0.3) is 6.01 Å². The lowest BCUT2D eigenvalue weighted by Crippen LogP contribution is -2.38. The van der Waals surface area contributed by atoms with E-state index >= 15 is 0 Å². The molecule has 10 heteroatoms. The number of nitrogens with one attached hydrogen (secondary N) is 1. The van der Waals surface area contributed by atoms with Gasteiger partial charge in [-0.3, -0.25) is 4.79 Å². The van der Waals surface area contributed by atoms with Gasteiger partial charge < -0.3 is 14.6 Å². The number of hydrogen-bond acceptors (Lipinski definition) is 6. The van der Waals surface area contributed by atoms with Crippen LogP contribution in [0.1, 0.15) is 19.3 Å². The molecule has 1 amide bonds. The molecular formula is C16H19F3N4O2S. The predicted molar refractivity (Wildman–Crippen MR) is 92.9 cm³/mol. The van der Waals surface area contributed by atoms with Crippen LogP contribution in [0.4, 0.5) is 19.2 Å². The third-order valence-corrected chi connectivity index (χ3v) is 4.84. The lowest BCUT2D eigenvalue weighted by atomic mass is 9.95. The number of carbonyl (C=O) groups excluding carboxylic acids is 1. The molecule has 1 N–H and O–H groups in total. The number of carbonyl (C=O) groups is 1. The zero-order chi connectivity index (χ0) is 18.6. The topological polar surface area (TPSA) is 71.3 Å². The van der Waals surface area contributed by atoms with Gasteiger partial charge in [-0.1, -0.05) is 0 Å². The predicted octanol–water partition coefficient (Wildman–Crippen LogP) is 3.20. The average Bonchev–Trinajstić information content (AvgIpc) is 3.02. The number of alkyl halides is 3. The third kappa shape index (κ3) is 5.26. The fourth-order valence-electron chi connectivity index (χ4n) is 2.99. The number of halogens is 3. The second kappa shape index (κ2) is 8.15. The molecule has 0 aliphatic carbocycles. The van der Waals surface area contributed by atoms with Crippen molar-refractivity contribution in [2.24, 2.45) is 5.92 Å². The Hall–Kier alpha value is -1.97. The van der Waals surface area contributed by atoms with E-state index in [0.717, 1.165) is 19.4 Å². The summed E-state index contributed by atoms with van der Waals surface area (Å²) in [6.45, 7) is 1.42. The van der Waals surface area contributed by atoms with E-state index in [1.807, 2.05) is 4.90 Å². The van der Waals surface area contributed by atoms with Gasteiger partial charge in [0.1, 0.15) is 0 Å². The molecule has 0 bridgehead atoms. The number of oxazole rings is 1. The van der Waals surface area contributed by atoms with E-state index in [4.69, 9.17) is 4.42 Å². The van der Waals surface area contributed by atoms with Crippen molar-refractivity contribution in [1.82, 2.24) is 15.3 Å². The van der Waals surface area contributed by atoms with Gasteiger partial charge in [0, 0.05) is 38.0 Å². The first-order valence-electron chi connectivity index (χ1n) is 8.34. The van der Waals surface area contributed by atoms with Gasteiger partial charge in [-0.15, -0.1) is 0 Å². The Morgan fingerprint density at radius 1 is 1.46 bits per heavy atom. The van der Waals surface area contributed by atoms with Crippen LogP contribution in [0.3, 0.4) is 0 Å². The molecule has 1 aliphatic rings. The number of hydrogen-bond donors (Lipinski definition) is 1. The van der Waals surface area contributed by atoms with Crippen LogP contribution < -0.4 is 10.2 Å². The normalized spacial score (nSPS) is 18.3. The largest absolute Gasteiger partial charge is 0.441 e. The smallest absolute Gasteiger partial charge is 0.422 e. The van der Waals surface area contributed by atoms with Crippen LogP contribution in [0.15, 0.2) is 22.7 Å². The van der Waals surface area contributed by atoms with Gasteiger partial charge in [0.15, 0.2) is 5.58 Å². The maximum atomic E-state index is 12.1. The van der Waals surface area contributed by atoms with Crippen LogP contribution in [0.5, 0.6) is 0 Å². The number of anilines is 1. The van der Waals surface area contributed by atoms with Crippen molar-refractivity contribution in [2.45, 2.75) is 24.8 Å². The zero-order valence-corrected chi connectivity index (χ0v) is 14.8. The van der Waals surface area contributed by atoms with Crippen molar-refractivity contribution in [3.8, 4) is 0 Å². The molecule has 3 heterocycles. The zero-order valence-electron chi connectivity index (χ0n) is 14.0. The monoisotopic (exact) mass is 388 g/mol. The molecule has 3 rings (SSSR count). The van der Waals surface area contributed by atoms with Crippen LogP contribution in [0.25, 0.3) is 11.2 Å². The van der Waals surface area contributed by atoms with Crippen molar-refractivity contribution in [3.05, 3.63) is 18.3 Å². The third-order valence-electron chi connectivity index (χ3n) is 4.11. The molecule has 6 nitrogen and oxygen atoms in total. The molecule has 2 aromatic heterocycles. The highest BCUT2D eigenvalue weighted by Gasteiger charge is 2.28. The summed E-state index contributed by atoms with van der Waals surface area (Å²) in [4.78, 5) is 22.5. The maximum Gasteiger partial charge on any atom is 0.441 e. The van der Waals surface area contributed by atoms with E-state index < -0.39 is 5.51 Å². The summed E-state index contributed by atoms with van der Waals surface area (Å²) in [5.74, 6) is -0.289. The average molecular weight is 388 g/mol. The second-order valence-corrected chi connectivity index (χ2v) is 7.28. The first-order valence-corrected chi connectivity index (χ1v) is 9.33.